The minimum absolute atomic E-state index is 0.0762. The van der Waals surface area contributed by atoms with Crippen LogP contribution in [-0.4, -0.2) is 37.2 Å². The molecule has 0 aliphatic rings. The van der Waals surface area contributed by atoms with Crippen molar-refractivity contribution in [3.63, 3.8) is 0 Å². The molecule has 0 fully saturated rings. The molecule has 0 aliphatic heterocycles. The number of hydrogen-bond acceptors (Lipinski definition) is 6. The minimum Gasteiger partial charge on any atom is -0.462 e. The molecule has 6 heteroatoms. The van der Waals surface area contributed by atoms with E-state index >= 15 is 0 Å². The van der Waals surface area contributed by atoms with Gasteiger partial charge in [0, 0.05) is 19.3 Å². The van der Waals surface area contributed by atoms with Crippen LogP contribution in [0.25, 0.3) is 0 Å². The molecular formula is C58H108O6. The highest BCUT2D eigenvalue weighted by atomic mass is 16.6. The third-order valence-corrected chi connectivity index (χ3v) is 12.7. The fourth-order valence-electron chi connectivity index (χ4n) is 8.37. The average molecular weight is 901 g/mol. The largest absolute Gasteiger partial charge is 0.462 e. The van der Waals surface area contributed by atoms with Gasteiger partial charge in [-0.3, -0.25) is 14.4 Å². The zero-order valence-electron chi connectivity index (χ0n) is 43.1. The first-order valence-corrected chi connectivity index (χ1v) is 28.3. The van der Waals surface area contributed by atoms with Gasteiger partial charge >= 0.3 is 17.9 Å². The Kier molecular flexibility index (Phi) is 51.7. The van der Waals surface area contributed by atoms with Crippen LogP contribution in [-0.2, 0) is 28.6 Å². The van der Waals surface area contributed by atoms with Crippen molar-refractivity contribution in [1.29, 1.82) is 0 Å². The van der Waals surface area contributed by atoms with Gasteiger partial charge in [-0.15, -0.1) is 0 Å². The molecule has 0 aromatic carbocycles. The van der Waals surface area contributed by atoms with Gasteiger partial charge in [-0.2, -0.15) is 0 Å². The van der Waals surface area contributed by atoms with Crippen LogP contribution in [0.5, 0.6) is 0 Å². The Labute approximate surface area is 398 Å². The maximum Gasteiger partial charge on any atom is 0.306 e. The molecule has 0 radical (unpaired) electrons. The second-order valence-electron chi connectivity index (χ2n) is 19.2. The molecule has 0 aromatic heterocycles. The van der Waals surface area contributed by atoms with E-state index in [0.717, 1.165) is 70.6 Å². The highest BCUT2D eigenvalue weighted by molar-refractivity contribution is 5.71. The van der Waals surface area contributed by atoms with Crippen LogP contribution in [0, 0.1) is 0 Å². The Morgan fingerprint density at radius 3 is 0.797 bits per heavy atom. The van der Waals surface area contributed by atoms with Gasteiger partial charge in [-0.05, 0) is 70.6 Å². The second kappa shape index (κ2) is 53.5. The number of allylic oxidation sites excluding steroid dienone is 4. The molecule has 0 N–H and O–H groups in total. The highest BCUT2D eigenvalue weighted by Crippen LogP contribution is 2.16. The molecule has 0 aromatic rings. The number of esters is 3. The summed E-state index contributed by atoms with van der Waals surface area (Å²) in [6, 6.07) is 0. The van der Waals surface area contributed by atoms with E-state index in [1.54, 1.807) is 0 Å². The first-order valence-electron chi connectivity index (χ1n) is 28.3. The van der Waals surface area contributed by atoms with E-state index in [1.807, 2.05) is 0 Å². The molecule has 6 nitrogen and oxygen atoms in total. The summed E-state index contributed by atoms with van der Waals surface area (Å²) in [5.74, 6) is -0.881. The summed E-state index contributed by atoms with van der Waals surface area (Å²) in [5.41, 5.74) is 0. The van der Waals surface area contributed by atoms with E-state index in [4.69, 9.17) is 14.2 Å². The lowest BCUT2D eigenvalue weighted by atomic mass is 10.0. The summed E-state index contributed by atoms with van der Waals surface area (Å²) < 4.78 is 16.8. The molecule has 1 unspecified atom stereocenters. The quantitative estimate of drug-likeness (QED) is 0.0262. The van der Waals surface area contributed by atoms with Gasteiger partial charge in [-0.25, -0.2) is 0 Å². The Bertz CT molecular complexity index is 1040. The fraction of sp³-hybridized carbons (Fsp3) is 0.879. The fourth-order valence-corrected chi connectivity index (χ4v) is 8.37. The van der Waals surface area contributed by atoms with Gasteiger partial charge < -0.3 is 14.2 Å². The van der Waals surface area contributed by atoms with Crippen molar-refractivity contribution in [2.24, 2.45) is 0 Å². The van der Waals surface area contributed by atoms with Crippen molar-refractivity contribution in [3.8, 4) is 0 Å². The normalized spacial score (nSPS) is 12.1. The molecular weight excluding hydrogens is 793 g/mol. The van der Waals surface area contributed by atoms with Gasteiger partial charge in [0.2, 0.25) is 0 Å². The summed E-state index contributed by atoms with van der Waals surface area (Å²) in [4.78, 5) is 38.1. The molecule has 0 bridgehead atoms. The zero-order valence-corrected chi connectivity index (χ0v) is 43.1. The molecule has 1 atom stereocenters. The number of hydrogen-bond donors (Lipinski definition) is 0. The molecule has 0 rings (SSSR count). The molecule has 64 heavy (non-hydrogen) atoms. The predicted octanol–water partition coefficient (Wildman–Crippen LogP) is 18.7. The van der Waals surface area contributed by atoms with Crippen molar-refractivity contribution < 1.29 is 28.6 Å². The Hall–Kier alpha value is -2.11. The predicted molar refractivity (Wildman–Crippen MR) is 275 cm³/mol. The standard InChI is InChI=1S/C58H108O6/c1-4-7-10-13-16-19-22-25-28-30-33-36-39-42-45-48-51-57(60)63-54-55(53-62-56(59)50-47-44-41-38-35-32-27-24-21-18-15-12-9-6-3)64-58(61)52-49-46-43-40-37-34-31-29-26-23-20-17-14-11-8-5-2/h28,30,32,35,55H,4-27,29,31,33-34,36-54H2,1-3H3/b30-28-,35-32-. The van der Waals surface area contributed by atoms with Crippen molar-refractivity contribution in [1.82, 2.24) is 0 Å². The first-order chi connectivity index (χ1) is 31.5. The first kappa shape index (κ1) is 61.9. The van der Waals surface area contributed by atoms with Crippen LogP contribution in [0.4, 0.5) is 0 Å². The van der Waals surface area contributed by atoms with Crippen molar-refractivity contribution in [3.05, 3.63) is 24.3 Å². The summed E-state index contributed by atoms with van der Waals surface area (Å²) in [6.45, 7) is 6.66. The molecule has 0 amide bonds. The van der Waals surface area contributed by atoms with E-state index in [-0.39, 0.29) is 31.1 Å². The van der Waals surface area contributed by atoms with Gasteiger partial charge in [0.15, 0.2) is 6.10 Å². The smallest absolute Gasteiger partial charge is 0.306 e. The van der Waals surface area contributed by atoms with Crippen LogP contribution in [0.3, 0.4) is 0 Å². The summed E-state index contributed by atoms with van der Waals surface area (Å²) >= 11 is 0. The van der Waals surface area contributed by atoms with Crippen LogP contribution in [0.1, 0.15) is 310 Å². The van der Waals surface area contributed by atoms with Gasteiger partial charge in [-0.1, -0.05) is 244 Å². The molecule has 0 spiro atoms. The lowest BCUT2D eigenvalue weighted by molar-refractivity contribution is -0.167. The molecule has 0 heterocycles. The van der Waals surface area contributed by atoms with Crippen LogP contribution >= 0.6 is 0 Å². The summed E-state index contributed by atoms with van der Waals surface area (Å²) in [6.07, 6.45) is 61.6. The van der Waals surface area contributed by atoms with E-state index in [0.29, 0.717) is 19.3 Å². The minimum atomic E-state index is -0.776. The Morgan fingerprint density at radius 2 is 0.516 bits per heavy atom. The second-order valence-corrected chi connectivity index (χ2v) is 19.2. The van der Waals surface area contributed by atoms with E-state index in [1.165, 1.54) is 199 Å². The number of rotatable bonds is 52. The Balaban J connectivity index is 4.36. The zero-order chi connectivity index (χ0) is 46.5. The van der Waals surface area contributed by atoms with Crippen LogP contribution in [0.15, 0.2) is 24.3 Å². The number of unbranched alkanes of at least 4 members (excludes halogenated alkanes) is 37. The van der Waals surface area contributed by atoms with Gasteiger partial charge in [0.05, 0.1) is 0 Å². The number of carbonyl (C=O) groups excluding carboxylic acids is 3. The summed E-state index contributed by atoms with van der Waals surface area (Å²) in [7, 11) is 0. The van der Waals surface area contributed by atoms with E-state index < -0.39 is 6.10 Å². The molecule has 376 valence electrons. The SMILES string of the molecule is CCCCCCCCC/C=C\CCCCCCCC(=O)OCC(COC(=O)CCCCC/C=C\CCCCCCCCC)OC(=O)CCCCCCCCCCCCCCCCCC. The topological polar surface area (TPSA) is 78.9 Å². The number of ether oxygens (including phenoxy) is 3. The van der Waals surface area contributed by atoms with Crippen molar-refractivity contribution in [2.45, 2.75) is 316 Å². The lowest BCUT2D eigenvalue weighted by Gasteiger charge is -2.18. The maximum atomic E-state index is 12.8. The van der Waals surface area contributed by atoms with E-state index in [9.17, 15) is 14.4 Å². The van der Waals surface area contributed by atoms with Gasteiger partial charge in [0.1, 0.15) is 13.2 Å². The number of carbonyl (C=O) groups is 3. The molecule has 0 aliphatic carbocycles. The molecule has 0 saturated heterocycles. The third kappa shape index (κ3) is 50.9. The molecule has 0 saturated carbocycles. The maximum absolute atomic E-state index is 12.8. The average Bonchev–Trinajstić information content (AvgIpc) is 3.29. The van der Waals surface area contributed by atoms with Crippen LogP contribution in [0.2, 0.25) is 0 Å². The summed E-state index contributed by atoms with van der Waals surface area (Å²) in [5, 5.41) is 0. The highest BCUT2D eigenvalue weighted by Gasteiger charge is 2.19. The van der Waals surface area contributed by atoms with Crippen molar-refractivity contribution in [2.75, 3.05) is 13.2 Å². The van der Waals surface area contributed by atoms with Crippen molar-refractivity contribution >= 4 is 17.9 Å². The lowest BCUT2D eigenvalue weighted by Crippen LogP contribution is -2.30. The monoisotopic (exact) mass is 901 g/mol. The third-order valence-electron chi connectivity index (χ3n) is 12.7. The van der Waals surface area contributed by atoms with Crippen LogP contribution < -0.4 is 0 Å². The van der Waals surface area contributed by atoms with Gasteiger partial charge in [0.25, 0.3) is 0 Å². The Morgan fingerprint density at radius 1 is 0.297 bits per heavy atom. The van der Waals surface area contributed by atoms with E-state index in [2.05, 4.69) is 45.1 Å².